The number of hydrogen-bond acceptors (Lipinski definition) is 4. The van der Waals surface area contributed by atoms with Gasteiger partial charge in [-0.25, -0.2) is 0 Å². The third kappa shape index (κ3) is 3.72. The van der Waals surface area contributed by atoms with Crippen molar-refractivity contribution in [2.24, 2.45) is 5.73 Å². The van der Waals surface area contributed by atoms with E-state index in [9.17, 15) is 9.59 Å². The van der Waals surface area contributed by atoms with Crippen LogP contribution in [0.5, 0.6) is 0 Å². The number of nitrogens with two attached hydrogens (primary N) is 1. The molecule has 1 aliphatic rings. The number of hydrogen-bond donors (Lipinski definition) is 2. The van der Waals surface area contributed by atoms with Crippen LogP contribution >= 0.6 is 0 Å². The summed E-state index contributed by atoms with van der Waals surface area (Å²) < 4.78 is 5.78. The van der Waals surface area contributed by atoms with E-state index in [1.807, 2.05) is 27.7 Å². The van der Waals surface area contributed by atoms with Crippen LogP contribution in [-0.2, 0) is 16.0 Å². The summed E-state index contributed by atoms with van der Waals surface area (Å²) in [5.74, 6) is -0.224. The third-order valence-electron chi connectivity index (χ3n) is 5.36. The van der Waals surface area contributed by atoms with Crippen LogP contribution in [0.15, 0.2) is 16.7 Å². The summed E-state index contributed by atoms with van der Waals surface area (Å²) in [6.07, 6.45) is 2.36. The Hall–Kier alpha value is -2.34. The SMILES string of the molecule is Cc1cc(C)c2c(CC(=O)N3CC(N)CC3C(=O)NC(C)C)coc2c1C. The van der Waals surface area contributed by atoms with Gasteiger partial charge in [-0.15, -0.1) is 0 Å². The van der Waals surface area contributed by atoms with Crippen LogP contribution < -0.4 is 11.1 Å². The van der Waals surface area contributed by atoms with Crippen molar-refractivity contribution in [2.75, 3.05) is 6.54 Å². The monoisotopic (exact) mass is 371 g/mol. The lowest BCUT2D eigenvalue weighted by Crippen LogP contribution is -2.48. The summed E-state index contributed by atoms with van der Waals surface area (Å²) in [7, 11) is 0. The van der Waals surface area contributed by atoms with Crippen molar-refractivity contribution in [3.63, 3.8) is 0 Å². The summed E-state index contributed by atoms with van der Waals surface area (Å²) in [4.78, 5) is 27.1. The predicted octanol–water partition coefficient (Wildman–Crippen LogP) is 2.35. The minimum absolute atomic E-state index is 0.0259. The largest absolute Gasteiger partial charge is 0.464 e. The second-order valence-corrected chi connectivity index (χ2v) is 8.00. The Morgan fingerprint density at radius 2 is 2.00 bits per heavy atom. The summed E-state index contributed by atoms with van der Waals surface area (Å²) in [6.45, 7) is 10.3. The molecular formula is C21H29N3O3. The Kier molecular flexibility index (Phi) is 5.29. The highest BCUT2D eigenvalue weighted by Crippen LogP contribution is 2.31. The van der Waals surface area contributed by atoms with E-state index in [0.29, 0.717) is 13.0 Å². The van der Waals surface area contributed by atoms with Crippen LogP contribution in [0.4, 0.5) is 0 Å². The molecule has 1 saturated heterocycles. The Bertz CT molecular complexity index is 884. The smallest absolute Gasteiger partial charge is 0.243 e. The van der Waals surface area contributed by atoms with Gasteiger partial charge < -0.3 is 20.4 Å². The number of nitrogens with zero attached hydrogens (tertiary/aromatic N) is 1. The average Bonchev–Trinajstić information content (AvgIpc) is 3.16. The van der Waals surface area contributed by atoms with Crippen molar-refractivity contribution < 1.29 is 14.0 Å². The van der Waals surface area contributed by atoms with Gasteiger partial charge in [-0.1, -0.05) is 6.07 Å². The van der Waals surface area contributed by atoms with E-state index in [4.69, 9.17) is 10.2 Å². The van der Waals surface area contributed by atoms with Crippen molar-refractivity contribution in [3.05, 3.63) is 34.6 Å². The Labute approximate surface area is 160 Å². The van der Waals surface area contributed by atoms with Crippen molar-refractivity contribution in [2.45, 2.75) is 65.6 Å². The predicted molar refractivity (Wildman–Crippen MR) is 106 cm³/mol. The number of rotatable bonds is 4. The van der Waals surface area contributed by atoms with Crippen molar-refractivity contribution in [3.8, 4) is 0 Å². The van der Waals surface area contributed by atoms with Crippen LogP contribution in [-0.4, -0.2) is 41.4 Å². The van der Waals surface area contributed by atoms with Gasteiger partial charge in [-0.05, 0) is 57.7 Å². The van der Waals surface area contributed by atoms with Gasteiger partial charge in [0.1, 0.15) is 11.6 Å². The number of aryl methyl sites for hydroxylation is 3. The van der Waals surface area contributed by atoms with E-state index < -0.39 is 6.04 Å². The minimum Gasteiger partial charge on any atom is -0.464 e. The van der Waals surface area contributed by atoms with E-state index in [-0.39, 0.29) is 30.3 Å². The van der Waals surface area contributed by atoms with Gasteiger partial charge in [0.15, 0.2) is 0 Å². The molecule has 1 aliphatic heterocycles. The highest BCUT2D eigenvalue weighted by atomic mass is 16.3. The number of carbonyl (C=O) groups is 2. The Morgan fingerprint density at radius 1 is 1.30 bits per heavy atom. The summed E-state index contributed by atoms with van der Waals surface area (Å²) in [5.41, 5.74) is 11.1. The first kappa shape index (κ1) is 19.4. The van der Waals surface area contributed by atoms with Gasteiger partial charge in [-0.2, -0.15) is 0 Å². The zero-order chi connectivity index (χ0) is 19.9. The van der Waals surface area contributed by atoms with E-state index in [1.54, 1.807) is 11.2 Å². The van der Waals surface area contributed by atoms with Crippen LogP contribution in [0.2, 0.25) is 0 Å². The molecule has 27 heavy (non-hydrogen) atoms. The highest BCUT2D eigenvalue weighted by Gasteiger charge is 2.38. The number of amides is 2. The third-order valence-corrected chi connectivity index (χ3v) is 5.36. The van der Waals surface area contributed by atoms with Gasteiger partial charge in [0.2, 0.25) is 11.8 Å². The van der Waals surface area contributed by atoms with E-state index in [1.165, 1.54) is 5.56 Å². The quantitative estimate of drug-likeness (QED) is 0.863. The fraction of sp³-hybridized carbons (Fsp3) is 0.524. The first-order valence-electron chi connectivity index (χ1n) is 9.51. The maximum Gasteiger partial charge on any atom is 0.243 e. The fourth-order valence-electron chi connectivity index (χ4n) is 3.95. The van der Waals surface area contributed by atoms with Gasteiger partial charge in [0, 0.05) is 29.6 Å². The summed E-state index contributed by atoms with van der Waals surface area (Å²) in [5, 5.41) is 3.89. The zero-order valence-corrected chi connectivity index (χ0v) is 16.8. The molecule has 0 radical (unpaired) electrons. The molecule has 0 bridgehead atoms. The first-order chi connectivity index (χ1) is 12.7. The van der Waals surface area contributed by atoms with Gasteiger partial charge in [0.25, 0.3) is 0 Å². The molecule has 1 aromatic heterocycles. The molecule has 0 spiro atoms. The second-order valence-electron chi connectivity index (χ2n) is 8.00. The maximum atomic E-state index is 13.0. The van der Waals surface area contributed by atoms with Crippen molar-refractivity contribution >= 4 is 22.8 Å². The molecule has 2 unspecified atom stereocenters. The molecule has 6 nitrogen and oxygen atoms in total. The van der Waals surface area contributed by atoms with Crippen LogP contribution in [0.1, 0.15) is 42.5 Å². The number of nitrogens with one attached hydrogen (secondary N) is 1. The molecule has 6 heteroatoms. The Morgan fingerprint density at radius 3 is 2.67 bits per heavy atom. The van der Waals surface area contributed by atoms with Crippen molar-refractivity contribution in [1.82, 2.24) is 10.2 Å². The second kappa shape index (κ2) is 7.35. The molecule has 3 rings (SSSR count). The van der Waals surface area contributed by atoms with Gasteiger partial charge in [-0.3, -0.25) is 9.59 Å². The number of fused-ring (bicyclic) bond motifs is 1. The molecule has 146 valence electrons. The standard InChI is InChI=1S/C21H29N3O3/c1-11(2)23-21(26)17-8-16(22)9-24(17)18(25)7-15-10-27-20-14(5)12(3)6-13(4)19(15)20/h6,10-11,16-17H,7-9,22H2,1-5H3,(H,23,26). The molecule has 2 atom stereocenters. The molecule has 2 aromatic rings. The lowest BCUT2D eigenvalue weighted by Gasteiger charge is -2.24. The lowest BCUT2D eigenvalue weighted by atomic mass is 9.98. The fourth-order valence-corrected chi connectivity index (χ4v) is 3.95. The minimum atomic E-state index is -0.502. The number of carbonyl (C=O) groups excluding carboxylic acids is 2. The number of benzene rings is 1. The summed E-state index contributed by atoms with van der Waals surface area (Å²) in [6, 6.07) is 1.46. The van der Waals surface area contributed by atoms with Crippen LogP contribution in [0.25, 0.3) is 11.0 Å². The number of furan rings is 1. The normalized spacial score (nSPS) is 19.9. The average molecular weight is 371 g/mol. The molecule has 2 heterocycles. The first-order valence-corrected chi connectivity index (χ1v) is 9.51. The molecule has 0 aliphatic carbocycles. The molecule has 2 amide bonds. The topological polar surface area (TPSA) is 88.6 Å². The van der Waals surface area contributed by atoms with Gasteiger partial charge in [0.05, 0.1) is 12.7 Å². The maximum absolute atomic E-state index is 13.0. The van der Waals surface area contributed by atoms with Gasteiger partial charge >= 0.3 is 0 Å². The van der Waals surface area contributed by atoms with Crippen LogP contribution in [0.3, 0.4) is 0 Å². The number of likely N-dealkylation sites (tertiary alicyclic amines) is 1. The zero-order valence-electron chi connectivity index (χ0n) is 16.8. The lowest BCUT2D eigenvalue weighted by molar-refractivity contribution is -0.138. The molecule has 3 N–H and O–H groups in total. The van der Waals surface area contributed by atoms with E-state index >= 15 is 0 Å². The summed E-state index contributed by atoms with van der Waals surface area (Å²) >= 11 is 0. The molecule has 1 fully saturated rings. The van der Waals surface area contributed by atoms with E-state index in [0.717, 1.165) is 27.7 Å². The van der Waals surface area contributed by atoms with E-state index in [2.05, 4.69) is 18.3 Å². The van der Waals surface area contributed by atoms with Crippen molar-refractivity contribution in [1.29, 1.82) is 0 Å². The molecule has 1 aromatic carbocycles. The highest BCUT2D eigenvalue weighted by molar-refractivity contribution is 5.94. The molecule has 0 saturated carbocycles. The molecular weight excluding hydrogens is 342 g/mol. The van der Waals surface area contributed by atoms with Crippen LogP contribution in [0, 0.1) is 20.8 Å². The Balaban J connectivity index is 1.85.